The molecule has 2 amide bonds. The van der Waals surface area contributed by atoms with Crippen molar-refractivity contribution in [3.63, 3.8) is 0 Å². The van der Waals surface area contributed by atoms with Crippen LogP contribution in [0.3, 0.4) is 0 Å². The highest BCUT2D eigenvalue weighted by Gasteiger charge is 2.35. The monoisotopic (exact) mass is 607 g/mol. The summed E-state index contributed by atoms with van der Waals surface area (Å²) in [6.07, 6.45) is 0.236. The van der Waals surface area contributed by atoms with Crippen molar-refractivity contribution >= 4 is 50.7 Å². The van der Waals surface area contributed by atoms with Crippen LogP contribution in [-0.2, 0) is 26.2 Å². The van der Waals surface area contributed by atoms with Crippen LogP contribution in [0.5, 0.6) is 0 Å². The van der Waals surface area contributed by atoms with E-state index in [4.69, 9.17) is 23.2 Å². The fourth-order valence-electron chi connectivity index (χ4n) is 4.09. The first-order valence-electron chi connectivity index (χ1n) is 12.6. The highest BCUT2D eigenvalue weighted by Crippen LogP contribution is 2.28. The van der Waals surface area contributed by atoms with Crippen molar-refractivity contribution in [2.75, 3.05) is 10.8 Å². The molecule has 0 radical (unpaired) electrons. The molecule has 0 aliphatic heterocycles. The molecule has 40 heavy (non-hydrogen) atoms. The zero-order chi connectivity index (χ0) is 29.7. The average Bonchev–Trinajstić information content (AvgIpc) is 2.89. The Morgan fingerprint density at radius 1 is 0.950 bits per heavy atom. The van der Waals surface area contributed by atoms with Gasteiger partial charge in [-0.15, -0.1) is 0 Å². The van der Waals surface area contributed by atoms with Gasteiger partial charge in [0.05, 0.1) is 20.6 Å². The van der Waals surface area contributed by atoms with Crippen molar-refractivity contribution in [2.24, 2.45) is 0 Å². The summed E-state index contributed by atoms with van der Waals surface area (Å²) < 4.78 is 43.2. The van der Waals surface area contributed by atoms with E-state index in [1.807, 2.05) is 20.8 Å². The second-order valence-electron chi connectivity index (χ2n) is 10.2. The molecule has 0 heterocycles. The van der Waals surface area contributed by atoms with Crippen LogP contribution in [0.4, 0.5) is 10.1 Å². The van der Waals surface area contributed by atoms with E-state index >= 15 is 0 Å². The van der Waals surface area contributed by atoms with Crippen LogP contribution in [0.25, 0.3) is 0 Å². The number of halogens is 3. The summed E-state index contributed by atoms with van der Waals surface area (Å²) in [7, 11) is -4.37. The van der Waals surface area contributed by atoms with Gasteiger partial charge >= 0.3 is 0 Å². The Kier molecular flexibility index (Phi) is 10.2. The Labute approximate surface area is 244 Å². The van der Waals surface area contributed by atoms with Gasteiger partial charge in [-0.25, -0.2) is 12.8 Å². The van der Waals surface area contributed by atoms with Crippen LogP contribution in [-0.4, -0.2) is 43.3 Å². The molecule has 0 aliphatic carbocycles. The number of sulfonamides is 1. The lowest BCUT2D eigenvalue weighted by Crippen LogP contribution is -2.55. The first-order valence-corrected chi connectivity index (χ1v) is 14.8. The number of amides is 2. The van der Waals surface area contributed by atoms with E-state index in [2.05, 4.69) is 5.32 Å². The fraction of sp³-hybridized carbons (Fsp3) is 0.310. The predicted molar refractivity (Wildman–Crippen MR) is 156 cm³/mol. The number of carbonyl (C=O) groups excluding carboxylic acids is 2. The molecule has 214 valence electrons. The molecule has 0 aliphatic rings. The minimum atomic E-state index is -4.37. The SMILES string of the molecule is CCC(C(=O)NC(C)(C)C)N(Cc1ccc(Cl)c(Cl)c1)C(=O)CN(c1ccccc1F)S(=O)(=O)c1ccccc1. The molecule has 1 N–H and O–H groups in total. The van der Waals surface area contributed by atoms with E-state index in [0.717, 1.165) is 10.4 Å². The Morgan fingerprint density at radius 2 is 1.57 bits per heavy atom. The van der Waals surface area contributed by atoms with E-state index in [0.29, 0.717) is 10.6 Å². The Bertz CT molecular complexity index is 1460. The minimum Gasteiger partial charge on any atom is -0.350 e. The third-order valence-corrected chi connectivity index (χ3v) is 8.47. The summed E-state index contributed by atoms with van der Waals surface area (Å²) in [6.45, 7) is 6.37. The van der Waals surface area contributed by atoms with Crippen molar-refractivity contribution in [1.82, 2.24) is 10.2 Å². The average molecular weight is 609 g/mol. The molecule has 0 fully saturated rings. The summed E-state index contributed by atoms with van der Waals surface area (Å²) in [6, 6.07) is 16.6. The molecular weight excluding hydrogens is 576 g/mol. The zero-order valence-electron chi connectivity index (χ0n) is 22.7. The van der Waals surface area contributed by atoms with Gasteiger partial charge in [0.15, 0.2) is 0 Å². The number of nitrogens with zero attached hydrogens (tertiary/aromatic N) is 2. The number of para-hydroxylation sites is 1. The van der Waals surface area contributed by atoms with Gasteiger partial charge in [-0.3, -0.25) is 13.9 Å². The van der Waals surface area contributed by atoms with Crippen molar-refractivity contribution < 1.29 is 22.4 Å². The van der Waals surface area contributed by atoms with Gasteiger partial charge in [0.2, 0.25) is 11.8 Å². The molecule has 0 bridgehead atoms. The summed E-state index contributed by atoms with van der Waals surface area (Å²) in [4.78, 5) is 28.5. The van der Waals surface area contributed by atoms with Crippen molar-refractivity contribution in [3.05, 3.63) is 94.2 Å². The van der Waals surface area contributed by atoms with Gasteiger partial charge in [-0.1, -0.05) is 66.5 Å². The largest absolute Gasteiger partial charge is 0.350 e. The first-order chi connectivity index (χ1) is 18.7. The second kappa shape index (κ2) is 13.0. The maximum Gasteiger partial charge on any atom is 0.264 e. The minimum absolute atomic E-state index is 0.0672. The lowest BCUT2D eigenvalue weighted by Gasteiger charge is -2.34. The summed E-state index contributed by atoms with van der Waals surface area (Å²) in [5.74, 6) is -1.93. The molecule has 3 aromatic carbocycles. The maximum absolute atomic E-state index is 15.0. The van der Waals surface area contributed by atoms with Crippen LogP contribution < -0.4 is 9.62 Å². The van der Waals surface area contributed by atoms with Crippen LogP contribution in [0.1, 0.15) is 39.7 Å². The normalized spacial score (nSPS) is 12.5. The molecule has 0 spiro atoms. The third-order valence-electron chi connectivity index (χ3n) is 5.95. The first kappa shape index (κ1) is 31.4. The van der Waals surface area contributed by atoms with Crippen molar-refractivity contribution in [2.45, 2.75) is 57.1 Å². The highest BCUT2D eigenvalue weighted by atomic mass is 35.5. The van der Waals surface area contributed by atoms with Crippen LogP contribution >= 0.6 is 23.2 Å². The smallest absolute Gasteiger partial charge is 0.264 e. The van der Waals surface area contributed by atoms with Gasteiger partial charge in [-0.05, 0) is 69.2 Å². The molecule has 0 aromatic heterocycles. The number of anilines is 1. The lowest BCUT2D eigenvalue weighted by molar-refractivity contribution is -0.141. The van der Waals surface area contributed by atoms with Gasteiger partial charge in [-0.2, -0.15) is 0 Å². The van der Waals surface area contributed by atoms with Crippen molar-refractivity contribution in [1.29, 1.82) is 0 Å². The number of benzene rings is 3. The second-order valence-corrected chi connectivity index (χ2v) is 12.9. The summed E-state index contributed by atoms with van der Waals surface area (Å²) >= 11 is 12.3. The number of carbonyl (C=O) groups is 2. The quantitative estimate of drug-likeness (QED) is 0.304. The Balaban J connectivity index is 2.09. The van der Waals surface area contributed by atoms with Crippen molar-refractivity contribution in [3.8, 4) is 0 Å². The predicted octanol–water partition coefficient (Wildman–Crippen LogP) is 6.05. The lowest BCUT2D eigenvalue weighted by atomic mass is 10.1. The van der Waals surface area contributed by atoms with Crippen LogP contribution in [0, 0.1) is 5.82 Å². The van der Waals surface area contributed by atoms with Gasteiger partial charge in [0.25, 0.3) is 10.0 Å². The molecule has 1 unspecified atom stereocenters. The fourth-order valence-corrected chi connectivity index (χ4v) is 5.86. The zero-order valence-corrected chi connectivity index (χ0v) is 25.0. The summed E-state index contributed by atoms with van der Waals surface area (Å²) in [5.41, 5.74) is -0.298. The third kappa shape index (κ3) is 7.74. The standard InChI is InChI=1S/C29H32Cl2FN3O4S/c1-5-25(28(37)33-29(2,3)4)34(18-20-15-16-22(30)23(31)17-20)27(36)19-35(26-14-10-9-13-24(26)32)40(38,39)21-11-7-6-8-12-21/h6-17,25H,5,18-19H2,1-4H3,(H,33,37). The Morgan fingerprint density at radius 3 is 2.15 bits per heavy atom. The van der Waals surface area contributed by atoms with E-state index in [1.165, 1.54) is 47.4 Å². The van der Waals surface area contributed by atoms with E-state index in [-0.39, 0.29) is 28.6 Å². The molecular formula is C29H32Cl2FN3O4S. The van der Waals surface area contributed by atoms with Gasteiger partial charge in [0.1, 0.15) is 18.4 Å². The topological polar surface area (TPSA) is 86.8 Å². The molecule has 0 saturated carbocycles. The molecule has 3 rings (SSSR count). The van der Waals surface area contributed by atoms with Gasteiger partial charge < -0.3 is 10.2 Å². The van der Waals surface area contributed by atoms with Crippen LogP contribution in [0.2, 0.25) is 10.0 Å². The van der Waals surface area contributed by atoms with E-state index in [1.54, 1.807) is 31.2 Å². The molecule has 0 saturated heterocycles. The molecule has 3 aromatic rings. The number of rotatable bonds is 10. The van der Waals surface area contributed by atoms with Crippen LogP contribution in [0.15, 0.2) is 77.7 Å². The number of hydrogen-bond donors (Lipinski definition) is 1. The Hall–Kier alpha value is -3.14. The maximum atomic E-state index is 15.0. The van der Waals surface area contributed by atoms with E-state index in [9.17, 15) is 22.4 Å². The molecule has 7 nitrogen and oxygen atoms in total. The highest BCUT2D eigenvalue weighted by molar-refractivity contribution is 7.92. The molecule has 11 heteroatoms. The van der Waals surface area contributed by atoms with E-state index < -0.39 is 45.8 Å². The number of hydrogen-bond acceptors (Lipinski definition) is 4. The molecule has 1 atom stereocenters. The summed E-state index contributed by atoms with van der Waals surface area (Å²) in [5, 5.41) is 3.47. The van der Waals surface area contributed by atoms with Gasteiger partial charge in [0, 0.05) is 12.1 Å². The number of nitrogens with one attached hydrogen (secondary N) is 1.